The van der Waals surface area contributed by atoms with E-state index in [0.29, 0.717) is 11.9 Å². The number of nitrogens with one attached hydrogen (secondary N) is 1. The molecule has 1 saturated carbocycles. The Morgan fingerprint density at radius 1 is 1.19 bits per heavy atom. The second-order valence-electron chi connectivity index (χ2n) is 7.68. The van der Waals surface area contributed by atoms with Gasteiger partial charge in [0.15, 0.2) is 0 Å². The molecular formula is C20H24N4O2. The lowest BCUT2D eigenvalue weighted by Crippen LogP contribution is -2.36. The molecule has 5 rings (SSSR count). The Labute approximate surface area is 152 Å². The standard InChI is InChI=1S/C20H24N4O2/c21-20-22-16-3-1-2-15(16)19(24-20)23-18(13-9-14(25)10-13)12-4-5-17-11(8-12)6-7-26-17/h4-5,8,13-14,18,25H,1-3,6-7,9-10H2,(H3,21,22,23,24)/t13?,14?,18-/m1/s1. The molecule has 0 bridgehead atoms. The van der Waals surface area contributed by atoms with Crippen molar-refractivity contribution in [1.82, 2.24) is 9.97 Å². The smallest absolute Gasteiger partial charge is 0.222 e. The molecule has 3 aliphatic rings. The van der Waals surface area contributed by atoms with E-state index >= 15 is 0 Å². The third-order valence-corrected chi connectivity index (χ3v) is 5.94. The number of nitrogens with zero attached hydrogens (tertiary/aromatic N) is 2. The Morgan fingerprint density at radius 3 is 2.92 bits per heavy atom. The lowest BCUT2D eigenvalue weighted by molar-refractivity contribution is 0.0339. The number of hydrogen-bond acceptors (Lipinski definition) is 6. The lowest BCUT2D eigenvalue weighted by Gasteiger charge is -2.39. The van der Waals surface area contributed by atoms with E-state index in [1.54, 1.807) is 0 Å². The van der Waals surface area contributed by atoms with Gasteiger partial charge in [0.1, 0.15) is 11.6 Å². The zero-order chi connectivity index (χ0) is 17.7. The van der Waals surface area contributed by atoms with Crippen LogP contribution in [0.25, 0.3) is 0 Å². The molecule has 4 N–H and O–H groups in total. The second kappa shape index (κ2) is 6.13. The first kappa shape index (κ1) is 15.9. The van der Waals surface area contributed by atoms with Gasteiger partial charge in [-0.1, -0.05) is 6.07 Å². The van der Waals surface area contributed by atoms with E-state index in [4.69, 9.17) is 10.5 Å². The number of ether oxygens (including phenoxy) is 1. The number of aryl methyl sites for hydroxylation is 1. The molecule has 0 saturated heterocycles. The van der Waals surface area contributed by atoms with Crippen LogP contribution in [0.2, 0.25) is 0 Å². The zero-order valence-electron chi connectivity index (χ0n) is 14.7. The first-order valence-corrected chi connectivity index (χ1v) is 9.53. The second-order valence-corrected chi connectivity index (χ2v) is 7.68. The van der Waals surface area contributed by atoms with E-state index in [1.165, 1.54) is 16.7 Å². The molecular weight excluding hydrogens is 328 g/mol. The summed E-state index contributed by atoms with van der Waals surface area (Å²) in [6.07, 6.45) is 5.46. The molecule has 2 aliphatic carbocycles. The van der Waals surface area contributed by atoms with Gasteiger partial charge in [-0.25, -0.2) is 4.98 Å². The van der Waals surface area contributed by atoms with Gasteiger partial charge in [-0.3, -0.25) is 0 Å². The van der Waals surface area contributed by atoms with Crippen LogP contribution in [0.4, 0.5) is 11.8 Å². The van der Waals surface area contributed by atoms with Crippen LogP contribution in [0, 0.1) is 5.92 Å². The Morgan fingerprint density at radius 2 is 2.08 bits per heavy atom. The SMILES string of the molecule is Nc1nc2c(c(N[C@H](c3ccc4c(c3)CCO4)C3CC(O)C3)n1)CCC2. The molecule has 0 spiro atoms. The predicted molar refractivity (Wildman–Crippen MR) is 99.2 cm³/mol. The topological polar surface area (TPSA) is 93.3 Å². The summed E-state index contributed by atoms with van der Waals surface area (Å²) >= 11 is 0. The summed E-state index contributed by atoms with van der Waals surface area (Å²) in [4.78, 5) is 8.91. The molecule has 1 aromatic carbocycles. The van der Waals surface area contributed by atoms with Crippen LogP contribution in [0.5, 0.6) is 5.75 Å². The molecule has 0 unspecified atom stereocenters. The average molecular weight is 352 g/mol. The van der Waals surface area contributed by atoms with Crippen LogP contribution in [-0.2, 0) is 19.3 Å². The van der Waals surface area contributed by atoms with E-state index in [0.717, 1.165) is 62.4 Å². The number of hydrogen-bond donors (Lipinski definition) is 3. The van der Waals surface area contributed by atoms with Crippen molar-refractivity contribution in [3.8, 4) is 5.75 Å². The predicted octanol–water partition coefficient (Wildman–Crippen LogP) is 2.41. The molecule has 1 atom stereocenters. The number of aromatic nitrogens is 2. The Hall–Kier alpha value is -2.34. The maximum Gasteiger partial charge on any atom is 0.222 e. The highest BCUT2D eigenvalue weighted by Crippen LogP contribution is 2.42. The molecule has 1 aromatic heterocycles. The van der Waals surface area contributed by atoms with Crippen molar-refractivity contribution in [1.29, 1.82) is 0 Å². The van der Waals surface area contributed by atoms with Crippen molar-refractivity contribution in [3.05, 3.63) is 40.6 Å². The van der Waals surface area contributed by atoms with Crippen molar-refractivity contribution in [2.45, 2.75) is 50.7 Å². The van der Waals surface area contributed by atoms with Gasteiger partial charge in [0, 0.05) is 12.0 Å². The number of nitrogen functional groups attached to an aromatic ring is 1. The summed E-state index contributed by atoms with van der Waals surface area (Å²) in [5.74, 6) is 2.59. The van der Waals surface area contributed by atoms with Crippen molar-refractivity contribution >= 4 is 11.8 Å². The minimum atomic E-state index is -0.191. The fourth-order valence-electron chi connectivity index (χ4n) is 4.49. The quantitative estimate of drug-likeness (QED) is 0.782. The largest absolute Gasteiger partial charge is 0.493 e. The average Bonchev–Trinajstić information content (AvgIpc) is 3.24. The number of aliphatic hydroxyl groups excluding tert-OH is 1. The monoisotopic (exact) mass is 352 g/mol. The Kier molecular flexibility index (Phi) is 3.74. The van der Waals surface area contributed by atoms with E-state index in [2.05, 4.69) is 33.5 Å². The Bertz CT molecular complexity index is 848. The maximum atomic E-state index is 9.84. The van der Waals surface area contributed by atoms with Gasteiger partial charge < -0.3 is 20.9 Å². The first-order valence-electron chi connectivity index (χ1n) is 9.53. The first-order chi connectivity index (χ1) is 12.7. The lowest BCUT2D eigenvalue weighted by atomic mass is 9.74. The van der Waals surface area contributed by atoms with Crippen LogP contribution in [0.3, 0.4) is 0 Å². The molecule has 6 nitrogen and oxygen atoms in total. The summed E-state index contributed by atoms with van der Waals surface area (Å²) in [7, 11) is 0. The summed E-state index contributed by atoms with van der Waals surface area (Å²) in [6.45, 7) is 0.759. The molecule has 2 aromatic rings. The van der Waals surface area contributed by atoms with Gasteiger partial charge in [0.05, 0.1) is 24.4 Å². The molecule has 26 heavy (non-hydrogen) atoms. The van der Waals surface area contributed by atoms with Crippen LogP contribution < -0.4 is 15.8 Å². The summed E-state index contributed by atoms with van der Waals surface area (Å²) in [6, 6.07) is 6.57. The van der Waals surface area contributed by atoms with E-state index in [9.17, 15) is 5.11 Å². The molecule has 6 heteroatoms. The number of fused-ring (bicyclic) bond motifs is 2. The third-order valence-electron chi connectivity index (χ3n) is 5.94. The molecule has 1 fully saturated rings. The third kappa shape index (κ3) is 2.69. The highest BCUT2D eigenvalue weighted by Gasteiger charge is 2.36. The fraction of sp³-hybridized carbons (Fsp3) is 0.500. The van der Waals surface area contributed by atoms with Gasteiger partial charge in [-0.15, -0.1) is 0 Å². The van der Waals surface area contributed by atoms with E-state index in [-0.39, 0.29) is 12.1 Å². The van der Waals surface area contributed by atoms with Gasteiger partial charge in [0.25, 0.3) is 0 Å². The van der Waals surface area contributed by atoms with Gasteiger partial charge in [-0.05, 0) is 61.3 Å². The summed E-state index contributed by atoms with van der Waals surface area (Å²) < 4.78 is 5.65. The van der Waals surface area contributed by atoms with Gasteiger partial charge in [-0.2, -0.15) is 4.98 Å². The number of benzene rings is 1. The highest BCUT2D eigenvalue weighted by atomic mass is 16.5. The van der Waals surface area contributed by atoms with E-state index in [1.807, 2.05) is 0 Å². The number of anilines is 2. The molecule has 0 amide bonds. The maximum absolute atomic E-state index is 9.84. The number of aliphatic hydroxyl groups is 1. The molecule has 136 valence electrons. The minimum Gasteiger partial charge on any atom is -0.493 e. The normalized spacial score (nSPS) is 24.3. The molecule has 0 radical (unpaired) electrons. The highest BCUT2D eigenvalue weighted by molar-refractivity contribution is 5.54. The van der Waals surface area contributed by atoms with Gasteiger partial charge in [0.2, 0.25) is 5.95 Å². The van der Waals surface area contributed by atoms with Crippen LogP contribution in [0.1, 0.15) is 47.7 Å². The van der Waals surface area contributed by atoms with Crippen LogP contribution in [0.15, 0.2) is 18.2 Å². The molecule has 2 heterocycles. The number of rotatable bonds is 4. The summed E-state index contributed by atoms with van der Waals surface area (Å²) in [5, 5.41) is 13.5. The van der Waals surface area contributed by atoms with Crippen LogP contribution in [-0.4, -0.2) is 27.8 Å². The zero-order valence-corrected chi connectivity index (χ0v) is 14.7. The summed E-state index contributed by atoms with van der Waals surface area (Å²) in [5.41, 5.74) is 10.7. The van der Waals surface area contributed by atoms with Crippen molar-refractivity contribution in [2.75, 3.05) is 17.7 Å². The number of nitrogens with two attached hydrogens (primary N) is 1. The van der Waals surface area contributed by atoms with Gasteiger partial charge >= 0.3 is 0 Å². The Balaban J connectivity index is 1.50. The van der Waals surface area contributed by atoms with Crippen molar-refractivity contribution in [3.63, 3.8) is 0 Å². The van der Waals surface area contributed by atoms with Crippen molar-refractivity contribution < 1.29 is 9.84 Å². The fourth-order valence-corrected chi connectivity index (χ4v) is 4.49. The molecule has 1 aliphatic heterocycles. The minimum absolute atomic E-state index is 0.114. The van der Waals surface area contributed by atoms with Crippen molar-refractivity contribution in [2.24, 2.45) is 5.92 Å². The van der Waals surface area contributed by atoms with E-state index < -0.39 is 0 Å². The van der Waals surface area contributed by atoms with Crippen LogP contribution >= 0.6 is 0 Å².